The quantitative estimate of drug-likeness (QED) is 0.483. The largest absolute Gasteiger partial charge is 0.466 e. The van der Waals surface area contributed by atoms with E-state index in [0.29, 0.717) is 12.3 Å². The van der Waals surface area contributed by atoms with E-state index in [4.69, 9.17) is 4.74 Å². The number of hydrogen-bond acceptors (Lipinski definition) is 4. The predicted octanol–water partition coefficient (Wildman–Crippen LogP) is 2.74. The molecule has 0 aliphatic carbocycles. The Bertz CT molecular complexity index is 363. The fraction of sp³-hybridized carbons (Fsp3) is 0.786. The Hall–Kier alpha value is -1.39. The summed E-state index contributed by atoms with van der Waals surface area (Å²) in [4.78, 5) is 11.3. The molecule has 1 aromatic heterocycles. The number of aryl methyl sites for hydroxylation is 1. The maximum Gasteiger partial charge on any atom is 0.311 e. The van der Waals surface area contributed by atoms with Crippen LogP contribution >= 0.6 is 0 Å². The molecule has 0 aromatic carbocycles. The molecule has 1 heterocycles. The van der Waals surface area contributed by atoms with Crippen LogP contribution in [0.3, 0.4) is 0 Å². The third kappa shape index (κ3) is 6.94. The summed E-state index contributed by atoms with van der Waals surface area (Å²) in [5, 5.41) is 8.00. The van der Waals surface area contributed by atoms with Gasteiger partial charge in [-0.25, -0.2) is 0 Å². The van der Waals surface area contributed by atoms with Crippen molar-refractivity contribution >= 4 is 5.97 Å². The van der Waals surface area contributed by atoms with Crippen LogP contribution in [0.15, 0.2) is 6.20 Å². The zero-order chi connectivity index (χ0) is 13.9. The van der Waals surface area contributed by atoms with Crippen molar-refractivity contribution in [3.8, 4) is 0 Å². The first-order chi connectivity index (χ1) is 9.26. The Morgan fingerprint density at radius 2 is 1.95 bits per heavy atom. The lowest BCUT2D eigenvalue weighted by Crippen LogP contribution is -2.07. The second-order valence-corrected chi connectivity index (χ2v) is 4.72. The molecule has 19 heavy (non-hydrogen) atoms. The Kier molecular flexibility index (Phi) is 7.86. The average Bonchev–Trinajstić information content (AvgIpc) is 2.81. The van der Waals surface area contributed by atoms with Crippen LogP contribution in [-0.4, -0.2) is 27.6 Å². The van der Waals surface area contributed by atoms with Gasteiger partial charge < -0.3 is 4.74 Å². The minimum Gasteiger partial charge on any atom is -0.466 e. The van der Waals surface area contributed by atoms with Gasteiger partial charge >= 0.3 is 5.97 Å². The summed E-state index contributed by atoms with van der Waals surface area (Å²) in [6, 6.07) is 0. The predicted molar refractivity (Wildman–Crippen MR) is 73.7 cm³/mol. The summed E-state index contributed by atoms with van der Waals surface area (Å²) in [6.07, 6.45) is 9.61. The van der Waals surface area contributed by atoms with Gasteiger partial charge in [0.2, 0.25) is 0 Å². The molecule has 1 aromatic rings. The van der Waals surface area contributed by atoms with Crippen LogP contribution in [0.2, 0.25) is 0 Å². The molecule has 5 nitrogen and oxygen atoms in total. The molecule has 0 spiro atoms. The number of rotatable bonds is 10. The van der Waals surface area contributed by atoms with E-state index in [9.17, 15) is 4.79 Å². The molecule has 0 bridgehead atoms. The monoisotopic (exact) mass is 267 g/mol. The first-order valence-electron chi connectivity index (χ1n) is 7.30. The van der Waals surface area contributed by atoms with E-state index in [1.807, 2.05) is 10.9 Å². The molecule has 0 aliphatic rings. The number of nitrogens with zero attached hydrogens (tertiary/aromatic N) is 3. The molecule has 0 saturated carbocycles. The fourth-order valence-electron chi connectivity index (χ4n) is 1.94. The lowest BCUT2D eigenvalue weighted by atomic mass is 10.1. The standard InChI is InChI=1S/C14H25N3O2/c1-3-5-6-7-8-9-10-17-12-13(15-16-17)11-14(18)19-4-2/h12H,3-11H2,1-2H3. The van der Waals surface area contributed by atoms with Crippen molar-refractivity contribution in [3.63, 3.8) is 0 Å². The van der Waals surface area contributed by atoms with Gasteiger partial charge in [-0.15, -0.1) is 5.10 Å². The van der Waals surface area contributed by atoms with Crippen molar-refractivity contribution in [1.82, 2.24) is 15.0 Å². The van der Waals surface area contributed by atoms with E-state index in [0.717, 1.165) is 13.0 Å². The second-order valence-electron chi connectivity index (χ2n) is 4.72. The Balaban J connectivity index is 2.18. The number of carbonyl (C=O) groups is 1. The van der Waals surface area contributed by atoms with Crippen molar-refractivity contribution in [3.05, 3.63) is 11.9 Å². The molecule has 0 radical (unpaired) electrons. The number of unbranched alkanes of at least 4 members (excludes halogenated alkanes) is 5. The first-order valence-corrected chi connectivity index (χ1v) is 7.30. The van der Waals surface area contributed by atoms with E-state index in [1.54, 1.807) is 6.92 Å². The van der Waals surface area contributed by atoms with Gasteiger partial charge in [-0.05, 0) is 13.3 Å². The molecule has 0 unspecified atom stereocenters. The van der Waals surface area contributed by atoms with Crippen LogP contribution in [0.5, 0.6) is 0 Å². The SMILES string of the molecule is CCCCCCCCn1cc(CC(=O)OCC)nn1. The highest BCUT2D eigenvalue weighted by atomic mass is 16.5. The maximum atomic E-state index is 11.3. The fourth-order valence-corrected chi connectivity index (χ4v) is 1.94. The highest BCUT2D eigenvalue weighted by Crippen LogP contribution is 2.06. The Morgan fingerprint density at radius 1 is 1.21 bits per heavy atom. The normalized spacial score (nSPS) is 10.6. The molecular weight excluding hydrogens is 242 g/mol. The van der Waals surface area contributed by atoms with Gasteiger partial charge in [0.25, 0.3) is 0 Å². The van der Waals surface area contributed by atoms with Crippen molar-refractivity contribution in [1.29, 1.82) is 0 Å². The van der Waals surface area contributed by atoms with Crippen molar-refractivity contribution in [2.45, 2.75) is 65.3 Å². The third-order valence-corrected chi connectivity index (χ3v) is 2.96. The molecule has 1 rings (SSSR count). The van der Waals surface area contributed by atoms with Crippen LogP contribution in [-0.2, 0) is 22.5 Å². The highest BCUT2D eigenvalue weighted by Gasteiger charge is 2.07. The second kappa shape index (κ2) is 9.53. The van der Waals surface area contributed by atoms with E-state index in [-0.39, 0.29) is 12.4 Å². The molecule has 0 saturated heterocycles. The van der Waals surface area contributed by atoms with E-state index in [2.05, 4.69) is 17.2 Å². The number of esters is 1. The highest BCUT2D eigenvalue weighted by molar-refractivity contribution is 5.71. The molecule has 0 N–H and O–H groups in total. The summed E-state index contributed by atoms with van der Waals surface area (Å²) in [7, 11) is 0. The zero-order valence-electron chi connectivity index (χ0n) is 12.1. The van der Waals surface area contributed by atoms with Gasteiger partial charge in [0, 0.05) is 12.7 Å². The van der Waals surface area contributed by atoms with Crippen LogP contribution in [0, 0.1) is 0 Å². The molecule has 0 atom stereocenters. The van der Waals surface area contributed by atoms with Crippen LogP contribution < -0.4 is 0 Å². The maximum absolute atomic E-state index is 11.3. The van der Waals surface area contributed by atoms with Gasteiger partial charge in [0.1, 0.15) is 0 Å². The van der Waals surface area contributed by atoms with Crippen molar-refractivity contribution in [2.75, 3.05) is 6.61 Å². The average molecular weight is 267 g/mol. The van der Waals surface area contributed by atoms with Gasteiger partial charge in [-0.3, -0.25) is 9.48 Å². The van der Waals surface area contributed by atoms with Crippen LogP contribution in [0.1, 0.15) is 58.1 Å². The van der Waals surface area contributed by atoms with E-state index in [1.165, 1.54) is 32.1 Å². The molecule has 0 amide bonds. The topological polar surface area (TPSA) is 57.0 Å². The van der Waals surface area contributed by atoms with Gasteiger partial charge in [-0.2, -0.15) is 0 Å². The first kappa shape index (κ1) is 15.7. The van der Waals surface area contributed by atoms with E-state index >= 15 is 0 Å². The molecule has 0 fully saturated rings. The van der Waals surface area contributed by atoms with Crippen LogP contribution in [0.4, 0.5) is 0 Å². The molecular formula is C14H25N3O2. The number of ether oxygens (including phenoxy) is 1. The number of carbonyl (C=O) groups excluding carboxylic acids is 1. The number of aromatic nitrogens is 3. The summed E-state index contributed by atoms with van der Waals surface area (Å²) in [5.74, 6) is -0.242. The smallest absolute Gasteiger partial charge is 0.311 e. The van der Waals surface area contributed by atoms with Crippen LogP contribution in [0.25, 0.3) is 0 Å². The number of hydrogen-bond donors (Lipinski definition) is 0. The minimum atomic E-state index is -0.242. The van der Waals surface area contributed by atoms with Gasteiger partial charge in [0.05, 0.1) is 18.7 Å². The Labute approximate surface area is 115 Å². The zero-order valence-corrected chi connectivity index (χ0v) is 12.1. The van der Waals surface area contributed by atoms with Gasteiger partial charge in [-0.1, -0.05) is 44.2 Å². The molecule has 5 heteroatoms. The van der Waals surface area contributed by atoms with Gasteiger partial charge in [0.15, 0.2) is 0 Å². The summed E-state index contributed by atoms with van der Waals surface area (Å²) in [5.41, 5.74) is 0.685. The lowest BCUT2D eigenvalue weighted by Gasteiger charge is -2.00. The summed E-state index contributed by atoms with van der Waals surface area (Å²) >= 11 is 0. The molecule has 108 valence electrons. The lowest BCUT2D eigenvalue weighted by molar-refractivity contribution is -0.142. The van der Waals surface area contributed by atoms with Crippen molar-refractivity contribution < 1.29 is 9.53 Å². The Morgan fingerprint density at radius 3 is 2.68 bits per heavy atom. The molecule has 0 aliphatic heterocycles. The van der Waals surface area contributed by atoms with E-state index < -0.39 is 0 Å². The third-order valence-electron chi connectivity index (χ3n) is 2.96. The van der Waals surface area contributed by atoms with Crippen molar-refractivity contribution in [2.24, 2.45) is 0 Å². The minimum absolute atomic E-state index is 0.213. The summed E-state index contributed by atoms with van der Waals surface area (Å²) < 4.78 is 6.69. The summed E-state index contributed by atoms with van der Waals surface area (Å²) in [6.45, 7) is 5.31.